The average Bonchev–Trinajstić information content (AvgIpc) is 2.94. The second-order valence-corrected chi connectivity index (χ2v) is 10.0. The van der Waals surface area contributed by atoms with Crippen LogP contribution in [0.2, 0.25) is 5.02 Å². The van der Waals surface area contributed by atoms with Gasteiger partial charge in [-0.15, -0.1) is 0 Å². The molecule has 2 fully saturated rings. The summed E-state index contributed by atoms with van der Waals surface area (Å²) in [4.78, 5) is 14.2. The fraction of sp³-hybridized carbons (Fsp3) is 0.611. The predicted octanol–water partition coefficient (Wildman–Crippen LogP) is 2.36. The van der Waals surface area contributed by atoms with Crippen molar-refractivity contribution in [3.63, 3.8) is 0 Å². The van der Waals surface area contributed by atoms with Gasteiger partial charge in [0.25, 0.3) is 5.91 Å². The van der Waals surface area contributed by atoms with Crippen LogP contribution in [0, 0.1) is 5.92 Å². The van der Waals surface area contributed by atoms with Crippen LogP contribution in [0.25, 0.3) is 0 Å². The van der Waals surface area contributed by atoms with Gasteiger partial charge in [0.15, 0.2) is 0 Å². The van der Waals surface area contributed by atoms with Gasteiger partial charge in [-0.25, -0.2) is 8.42 Å². The summed E-state index contributed by atoms with van der Waals surface area (Å²) in [5.74, 6) is 0.0110. The van der Waals surface area contributed by atoms with E-state index >= 15 is 0 Å². The van der Waals surface area contributed by atoms with E-state index in [0.717, 1.165) is 12.8 Å². The molecule has 2 aliphatic rings. The lowest BCUT2D eigenvalue weighted by Gasteiger charge is -2.30. The molecule has 2 saturated heterocycles. The van der Waals surface area contributed by atoms with Crippen molar-refractivity contribution in [2.75, 3.05) is 26.2 Å². The molecule has 2 heterocycles. The van der Waals surface area contributed by atoms with Gasteiger partial charge in [0, 0.05) is 31.7 Å². The second kappa shape index (κ2) is 7.11. The molecule has 2 atom stereocenters. The first-order valence-electron chi connectivity index (χ1n) is 8.91. The van der Waals surface area contributed by atoms with E-state index < -0.39 is 15.6 Å². The van der Waals surface area contributed by atoms with Crippen LogP contribution in [-0.2, 0) is 10.0 Å². The Morgan fingerprint density at radius 1 is 1.35 bits per heavy atom. The van der Waals surface area contributed by atoms with Crippen molar-refractivity contribution >= 4 is 27.5 Å². The molecule has 1 aromatic rings. The Balaban J connectivity index is 1.89. The summed E-state index contributed by atoms with van der Waals surface area (Å²) in [6.45, 7) is 5.33. The van der Waals surface area contributed by atoms with Gasteiger partial charge in [0.05, 0.1) is 10.6 Å². The number of aliphatic hydroxyl groups is 1. The minimum Gasteiger partial charge on any atom is -0.388 e. The number of halogens is 1. The second-order valence-electron chi connectivity index (χ2n) is 7.73. The van der Waals surface area contributed by atoms with Crippen LogP contribution in [0.4, 0.5) is 0 Å². The Kier molecular flexibility index (Phi) is 5.36. The molecule has 0 saturated carbocycles. The topological polar surface area (TPSA) is 77.9 Å². The quantitative estimate of drug-likeness (QED) is 0.844. The Hall–Kier alpha value is -1.15. The largest absolute Gasteiger partial charge is 0.388 e. The highest BCUT2D eigenvalue weighted by Crippen LogP contribution is 2.30. The summed E-state index contributed by atoms with van der Waals surface area (Å²) in [6.07, 6.45) is 2.33. The van der Waals surface area contributed by atoms with Gasteiger partial charge in [-0.1, -0.05) is 18.5 Å². The van der Waals surface area contributed by atoms with Crippen molar-refractivity contribution in [2.24, 2.45) is 5.92 Å². The van der Waals surface area contributed by atoms with Crippen molar-refractivity contribution in [2.45, 2.75) is 43.6 Å². The maximum absolute atomic E-state index is 13.0. The SMILES string of the molecule is C[C@H]1CCCN(S(=O)(=O)c2cc(C(=O)N3CC[C@](C)(O)C3)ccc2Cl)C1. The number of hydrogen-bond acceptors (Lipinski definition) is 4. The molecule has 2 aliphatic heterocycles. The maximum atomic E-state index is 13.0. The minimum absolute atomic E-state index is 0.0231. The van der Waals surface area contributed by atoms with Crippen molar-refractivity contribution in [3.8, 4) is 0 Å². The van der Waals surface area contributed by atoms with E-state index in [1.165, 1.54) is 22.5 Å². The summed E-state index contributed by atoms with van der Waals surface area (Å²) in [7, 11) is -3.75. The van der Waals surface area contributed by atoms with Gasteiger partial charge >= 0.3 is 0 Å². The molecule has 3 rings (SSSR count). The van der Waals surface area contributed by atoms with Gasteiger partial charge in [-0.2, -0.15) is 4.31 Å². The first kappa shape index (κ1) is 19.6. The lowest BCUT2D eigenvalue weighted by atomic mass is 10.0. The standard InChI is InChI=1S/C18H25ClN2O4S/c1-13-4-3-8-21(11-13)26(24,25)16-10-14(5-6-15(16)19)17(22)20-9-7-18(2,23)12-20/h5-6,10,13,23H,3-4,7-9,11-12H2,1-2H3/t13-,18-/m0/s1. The molecule has 144 valence electrons. The molecule has 1 aromatic carbocycles. The van der Waals surface area contributed by atoms with Crippen molar-refractivity contribution in [1.29, 1.82) is 0 Å². The summed E-state index contributed by atoms with van der Waals surface area (Å²) in [5.41, 5.74) is -0.628. The smallest absolute Gasteiger partial charge is 0.253 e. The van der Waals surface area contributed by atoms with Gasteiger partial charge in [0.1, 0.15) is 4.90 Å². The molecule has 1 N–H and O–H groups in total. The van der Waals surface area contributed by atoms with Crippen LogP contribution >= 0.6 is 11.6 Å². The van der Waals surface area contributed by atoms with Crippen LogP contribution < -0.4 is 0 Å². The van der Waals surface area contributed by atoms with Gasteiger partial charge < -0.3 is 10.0 Å². The van der Waals surface area contributed by atoms with Crippen molar-refractivity contribution < 1.29 is 18.3 Å². The number of rotatable bonds is 3. The number of carbonyl (C=O) groups is 1. The first-order valence-corrected chi connectivity index (χ1v) is 10.7. The number of likely N-dealkylation sites (tertiary alicyclic amines) is 1. The van der Waals surface area contributed by atoms with Crippen LogP contribution in [0.1, 0.15) is 43.5 Å². The number of nitrogens with zero attached hydrogens (tertiary/aromatic N) is 2. The van der Waals surface area contributed by atoms with E-state index in [4.69, 9.17) is 11.6 Å². The molecule has 6 nitrogen and oxygen atoms in total. The molecule has 0 aliphatic carbocycles. The van der Waals surface area contributed by atoms with Crippen molar-refractivity contribution in [3.05, 3.63) is 28.8 Å². The first-order chi connectivity index (χ1) is 12.1. The molecule has 1 amide bonds. The predicted molar refractivity (Wildman–Crippen MR) is 99.8 cm³/mol. The lowest BCUT2D eigenvalue weighted by Crippen LogP contribution is -2.39. The molecule has 8 heteroatoms. The van der Waals surface area contributed by atoms with E-state index in [1.807, 2.05) is 6.92 Å². The number of piperidine rings is 1. The number of carbonyl (C=O) groups excluding carboxylic acids is 1. The van der Waals surface area contributed by atoms with E-state index in [-0.39, 0.29) is 27.9 Å². The number of β-amino-alcohol motifs (C(OH)–C–C–N with tert-alkyl or cyclic N) is 1. The Morgan fingerprint density at radius 2 is 2.08 bits per heavy atom. The van der Waals surface area contributed by atoms with Crippen molar-refractivity contribution in [1.82, 2.24) is 9.21 Å². The summed E-state index contributed by atoms with van der Waals surface area (Å²) in [5, 5.41) is 10.2. The maximum Gasteiger partial charge on any atom is 0.253 e. The molecule has 0 bridgehead atoms. The monoisotopic (exact) mass is 400 g/mol. The zero-order valence-electron chi connectivity index (χ0n) is 15.1. The van der Waals surface area contributed by atoms with Crippen LogP contribution in [0.15, 0.2) is 23.1 Å². The Labute approximate surface area is 159 Å². The third-order valence-corrected chi connectivity index (χ3v) is 7.50. The number of sulfonamides is 1. The minimum atomic E-state index is -3.75. The third kappa shape index (κ3) is 3.91. The number of amides is 1. The highest BCUT2D eigenvalue weighted by Gasteiger charge is 2.35. The normalized spacial score (nSPS) is 27.7. The summed E-state index contributed by atoms with van der Waals surface area (Å²) >= 11 is 6.18. The molecule has 0 spiro atoms. The van der Waals surface area contributed by atoms with Gasteiger partial charge in [-0.3, -0.25) is 4.79 Å². The zero-order chi connectivity index (χ0) is 19.1. The highest BCUT2D eigenvalue weighted by atomic mass is 35.5. The highest BCUT2D eigenvalue weighted by molar-refractivity contribution is 7.89. The van der Waals surface area contributed by atoms with Crippen LogP contribution in [0.3, 0.4) is 0 Å². The van der Waals surface area contributed by atoms with Gasteiger partial charge in [0.2, 0.25) is 10.0 Å². The molecule has 0 unspecified atom stereocenters. The van der Waals surface area contributed by atoms with E-state index in [2.05, 4.69) is 0 Å². The van der Waals surface area contributed by atoms with E-state index in [1.54, 1.807) is 11.8 Å². The Morgan fingerprint density at radius 3 is 2.69 bits per heavy atom. The summed E-state index contributed by atoms with van der Waals surface area (Å²) in [6, 6.07) is 4.37. The Bertz CT molecular complexity index is 809. The van der Waals surface area contributed by atoms with E-state index in [9.17, 15) is 18.3 Å². The average molecular weight is 401 g/mol. The number of hydrogen-bond donors (Lipinski definition) is 1. The van der Waals surface area contributed by atoms with Gasteiger partial charge in [-0.05, 0) is 50.3 Å². The fourth-order valence-corrected chi connectivity index (χ4v) is 5.74. The van der Waals surface area contributed by atoms with Crippen LogP contribution in [0.5, 0.6) is 0 Å². The summed E-state index contributed by atoms with van der Waals surface area (Å²) < 4.78 is 27.5. The third-order valence-electron chi connectivity index (χ3n) is 5.15. The molecular weight excluding hydrogens is 376 g/mol. The molecule has 0 radical (unpaired) electrons. The lowest BCUT2D eigenvalue weighted by molar-refractivity contribution is 0.0572. The molecular formula is C18H25ClN2O4S. The zero-order valence-corrected chi connectivity index (χ0v) is 16.7. The number of benzene rings is 1. The molecule has 26 heavy (non-hydrogen) atoms. The fourth-order valence-electron chi connectivity index (χ4n) is 3.64. The van der Waals surface area contributed by atoms with Crippen LogP contribution in [-0.4, -0.2) is 60.4 Å². The molecule has 0 aromatic heterocycles. The van der Waals surface area contributed by atoms with E-state index in [0.29, 0.717) is 32.0 Å².